The van der Waals surface area contributed by atoms with Gasteiger partial charge in [0.15, 0.2) is 17.6 Å². The summed E-state index contributed by atoms with van der Waals surface area (Å²) in [5.41, 5.74) is 4.59. The van der Waals surface area contributed by atoms with Gasteiger partial charge in [-0.3, -0.25) is 14.4 Å². The van der Waals surface area contributed by atoms with Gasteiger partial charge in [0, 0.05) is 124 Å². The van der Waals surface area contributed by atoms with E-state index in [0.29, 0.717) is 144 Å². The number of benzene rings is 3. The molecule has 3 N–H and O–H groups in total. The summed E-state index contributed by atoms with van der Waals surface area (Å²) in [5.74, 6) is -4.35. The summed E-state index contributed by atoms with van der Waals surface area (Å²) in [7, 11) is -11.1. The first-order valence-electron chi connectivity index (χ1n) is 44.5. The standard InChI is InChI=1S/C33H49FN2O7S.C26H37FN2O7S.C25H36FNO7.C9H15NO3S.Na/c1-9-27-31(44(38,39)35-16-18-40-19-17-35)29(22(2)3)30(23-10-12-24(34)13-11-23)36(27)15-14-25-20-26(42-33(7,8)41-25)21-28(37)43-32(4,5)6;1-4-22-26(37(34,35)28-11-13-36-14-12-28)24(17(2)3)25(18-5-7-19(27)8-6-18)29(22)10-9-20(30)15-21(31)16-23(32)33;1-7-20(28)27(22(23(30)31)16-8-10-17(26)11-9-16)13-12-18-14-19(33-25(5,6)32-18)15-21(29)34-24(2,3)4;1-9(2)3-8-14(11,12)10-4-6-13-7-5-10;/h10-13,22,25-26H,9,14-21H2,1-8H3;5-8,17,20-21,30-31H,4,9-16H2,1-3H3,(H,32,33);8-11,18-19,22H,7,12-15H2,1-6H3,(H,30,31);9H,4-7H2,1-2H3;/q;;;;+1/p-1/t25-,26-;20-,21-;18-,19-,22?;;/m111../s1. The number of aliphatic hydroxyl groups is 2. The van der Waals surface area contributed by atoms with Gasteiger partial charge in [0.25, 0.3) is 10.0 Å². The molecule has 0 spiro atoms. The van der Waals surface area contributed by atoms with Crippen LogP contribution in [0.25, 0.3) is 22.5 Å². The zero-order valence-electron chi connectivity index (χ0n) is 79.3. The third-order valence-electron chi connectivity index (χ3n) is 21.5. The van der Waals surface area contributed by atoms with Gasteiger partial charge in [-0.05, 0) is 197 Å². The fraction of sp³-hybridized carbons (Fsp3) is 0.645. The molecule has 5 aliphatic heterocycles. The fourth-order valence-electron chi connectivity index (χ4n) is 16.3. The molecule has 130 heavy (non-hydrogen) atoms. The van der Waals surface area contributed by atoms with E-state index in [0.717, 1.165) is 22.5 Å². The van der Waals surface area contributed by atoms with Gasteiger partial charge in [0.2, 0.25) is 26.0 Å². The first-order valence-corrected chi connectivity index (χ1v) is 48.8. The molecule has 1 unspecified atom stereocenters. The average molecular weight is 1900 g/mol. The summed E-state index contributed by atoms with van der Waals surface area (Å²) in [6, 6.07) is 15.9. The van der Waals surface area contributed by atoms with E-state index in [1.807, 2.05) is 94.6 Å². The first kappa shape index (κ1) is 112. The molecule has 7 heterocycles. The number of amides is 1. The molecule has 0 saturated carbocycles. The molecule has 2 aromatic heterocycles. The smallest absolute Gasteiger partial charge is 0.550 e. The fourth-order valence-corrected chi connectivity index (χ4v) is 21.6. The molecule has 10 rings (SSSR count). The quantitative estimate of drug-likeness (QED) is 0.0205. The minimum atomic E-state index is -3.89. The maximum absolute atomic E-state index is 14.3. The van der Waals surface area contributed by atoms with Crippen LogP contribution in [0.3, 0.4) is 0 Å². The molecular weight excluding hydrogens is 1760 g/mol. The van der Waals surface area contributed by atoms with Crippen LogP contribution < -0.4 is 34.7 Å². The largest absolute Gasteiger partial charge is 1.00 e. The number of carbonyl (C=O) groups is 5. The molecule has 37 heteroatoms. The number of esters is 2. The second-order valence-electron chi connectivity index (χ2n) is 36.4. The number of hydrogen-bond donors (Lipinski definition) is 3. The molecular formula is C93H136F3N6NaO24S3. The van der Waals surface area contributed by atoms with Crippen LogP contribution in [0.15, 0.2) is 82.6 Å². The van der Waals surface area contributed by atoms with E-state index >= 15 is 0 Å². The number of sulfonamides is 3. The third-order valence-corrected chi connectivity index (χ3v) is 27.0. The Morgan fingerprint density at radius 2 is 0.923 bits per heavy atom. The van der Waals surface area contributed by atoms with Crippen LogP contribution in [0.4, 0.5) is 13.2 Å². The van der Waals surface area contributed by atoms with Crippen LogP contribution in [0.1, 0.15) is 242 Å². The number of carbonyl (C=O) groups excluding carboxylic acids is 4. The van der Waals surface area contributed by atoms with E-state index in [-0.39, 0.29) is 152 Å². The number of halogens is 3. The van der Waals surface area contributed by atoms with E-state index in [1.54, 1.807) is 65.8 Å². The molecule has 0 bridgehead atoms. The molecule has 1 amide bonds. The van der Waals surface area contributed by atoms with Crippen LogP contribution in [-0.4, -0.2) is 242 Å². The molecule has 722 valence electrons. The zero-order chi connectivity index (χ0) is 96.1. The summed E-state index contributed by atoms with van der Waals surface area (Å²) >= 11 is 0. The van der Waals surface area contributed by atoms with Crippen molar-refractivity contribution in [3.8, 4) is 33.7 Å². The predicted octanol–water partition coefficient (Wildman–Crippen LogP) is 9.17. The second-order valence-corrected chi connectivity index (χ2v) is 41.8. The maximum atomic E-state index is 14.3. The number of nitrogens with zero attached hydrogens (tertiary/aromatic N) is 6. The third kappa shape index (κ3) is 33.1. The number of aliphatic hydroxyl groups excluding tert-OH is 2. The Bertz CT molecular complexity index is 4950. The van der Waals surface area contributed by atoms with Gasteiger partial charge in [-0.1, -0.05) is 80.4 Å². The van der Waals surface area contributed by atoms with Crippen LogP contribution >= 0.6 is 0 Å². The van der Waals surface area contributed by atoms with Crippen LogP contribution in [0, 0.1) is 34.5 Å². The number of carboxylic acid groups (broad SMARTS) is 2. The van der Waals surface area contributed by atoms with Crippen molar-refractivity contribution in [1.29, 1.82) is 0 Å². The summed E-state index contributed by atoms with van der Waals surface area (Å²) < 4.78 is 180. The van der Waals surface area contributed by atoms with Crippen molar-refractivity contribution >= 4 is 59.9 Å². The predicted molar refractivity (Wildman–Crippen MR) is 476 cm³/mol. The van der Waals surface area contributed by atoms with Crippen molar-refractivity contribution in [2.75, 3.05) is 85.5 Å². The molecule has 5 aromatic rings. The van der Waals surface area contributed by atoms with E-state index in [9.17, 15) is 82.8 Å². The Morgan fingerprint density at radius 1 is 0.554 bits per heavy atom. The minimum Gasteiger partial charge on any atom is -0.550 e. The number of aliphatic carboxylic acids is 2. The van der Waals surface area contributed by atoms with Crippen molar-refractivity contribution < 1.29 is 155 Å². The van der Waals surface area contributed by atoms with E-state index in [1.165, 1.54) is 66.3 Å². The zero-order valence-corrected chi connectivity index (χ0v) is 83.7. The molecule has 0 radical (unpaired) electrons. The topological polar surface area (TPSA) is 377 Å². The average Bonchev–Trinajstić information content (AvgIpc) is 1.58. The Morgan fingerprint density at radius 3 is 1.28 bits per heavy atom. The van der Waals surface area contributed by atoms with Crippen molar-refractivity contribution in [2.24, 2.45) is 5.92 Å². The van der Waals surface area contributed by atoms with Gasteiger partial charge in [0.05, 0.1) is 100 Å². The van der Waals surface area contributed by atoms with E-state index in [4.69, 9.17) is 42.6 Å². The number of morpholine rings is 3. The molecule has 5 fully saturated rings. The van der Waals surface area contributed by atoms with Crippen molar-refractivity contribution in [3.05, 3.63) is 118 Å². The molecule has 5 aliphatic rings. The van der Waals surface area contributed by atoms with Gasteiger partial charge in [0.1, 0.15) is 38.4 Å². The molecule has 30 nitrogen and oxygen atoms in total. The van der Waals surface area contributed by atoms with Crippen molar-refractivity contribution in [3.63, 3.8) is 0 Å². The van der Waals surface area contributed by atoms with Gasteiger partial charge in [-0.2, -0.15) is 21.3 Å². The van der Waals surface area contributed by atoms with Crippen LogP contribution in [0.5, 0.6) is 0 Å². The van der Waals surface area contributed by atoms with Gasteiger partial charge >= 0.3 is 47.5 Å². The van der Waals surface area contributed by atoms with Gasteiger partial charge < -0.3 is 81.9 Å². The number of ether oxygens (including phenoxy) is 9. The summed E-state index contributed by atoms with van der Waals surface area (Å²) in [6.07, 6.45) is -1.34. The van der Waals surface area contributed by atoms with Crippen molar-refractivity contribution in [2.45, 2.75) is 309 Å². The number of rotatable bonds is 32. The number of aromatic nitrogens is 2. The van der Waals surface area contributed by atoms with Crippen molar-refractivity contribution in [1.82, 2.24) is 26.9 Å². The van der Waals surface area contributed by atoms with Crippen LogP contribution in [-0.2, 0) is 123 Å². The number of carboxylic acids is 2. The Balaban J connectivity index is 0.000000280. The Kier molecular flexibility index (Phi) is 42.8. The normalized spacial score (nSPS) is 19.6. The molecule has 0 aliphatic carbocycles. The summed E-state index contributed by atoms with van der Waals surface area (Å²) in [4.78, 5) is 62.3. The molecule has 7 atom stereocenters. The summed E-state index contributed by atoms with van der Waals surface area (Å²) in [6.45, 7) is 40.0. The van der Waals surface area contributed by atoms with Gasteiger partial charge in [-0.25, -0.2) is 34.8 Å². The van der Waals surface area contributed by atoms with E-state index in [2.05, 4.69) is 15.7 Å². The van der Waals surface area contributed by atoms with E-state index < -0.39 is 107 Å². The monoisotopic (exact) mass is 1900 g/mol. The maximum Gasteiger partial charge on any atom is 1.00 e. The minimum absolute atomic E-state index is 0. The Labute approximate surface area is 788 Å². The molecule has 5 saturated heterocycles. The molecule has 3 aromatic carbocycles. The van der Waals surface area contributed by atoms with Gasteiger partial charge in [-0.15, -0.1) is 0 Å². The van der Waals surface area contributed by atoms with Crippen LogP contribution in [0.2, 0.25) is 0 Å². The first-order chi connectivity index (χ1) is 60.2. The summed E-state index contributed by atoms with van der Waals surface area (Å²) in [5, 5.41) is 43.4. The Hall–Kier alpha value is -6.71. The SMILES string of the molecule is CC(C)C#CS(=O)(=O)N1CCOCC1.CCC(=O)N(CC[C@@H]1C[C@H](CC(=O)OC(C)(C)C)OC(C)(C)O1)C(C(=O)O)c1ccc(F)cc1.CCc1c(S(=O)(=O)N2CCOCC2)c(C(C)C)c(-c2ccc(F)cc2)n1CC[C@@H](O)C[C@@H](O)CC(=O)[O-].CCc1c(S(=O)(=O)N2CCOCC2)c(C(C)C)c(-c2ccc(F)cc2)n1CC[C@@H]1C[C@H](CC(=O)OC(C)(C)C)OC(C)(C)O1.[Na+]. The second kappa shape index (κ2) is 49.7. The number of hydrogen-bond acceptors (Lipinski definition) is 23.